The Bertz CT molecular complexity index is 544. The maximum Gasteiger partial charge on any atom is 0.303 e. The standard InChI is InChI=1S/C12H16ClNO4S/c1-9(5-6-12(15)16)8-14-19(17,18)11-4-2-3-10(13)7-11/h2-4,7,9,14H,5-6,8H2,1H3,(H,15,16). The first-order valence-corrected chi connectivity index (χ1v) is 7.64. The molecule has 0 spiro atoms. The van der Waals surface area contributed by atoms with E-state index in [2.05, 4.69) is 4.72 Å². The summed E-state index contributed by atoms with van der Waals surface area (Å²) in [5, 5.41) is 8.89. The van der Waals surface area contributed by atoms with Crippen molar-refractivity contribution in [2.75, 3.05) is 6.54 Å². The van der Waals surface area contributed by atoms with E-state index in [1.165, 1.54) is 12.1 Å². The average Bonchev–Trinajstić information content (AvgIpc) is 2.34. The quantitative estimate of drug-likeness (QED) is 0.808. The highest BCUT2D eigenvalue weighted by Gasteiger charge is 2.15. The predicted octanol–water partition coefficient (Wildman–Crippen LogP) is 2.12. The van der Waals surface area contributed by atoms with Crippen molar-refractivity contribution in [2.45, 2.75) is 24.7 Å². The molecule has 1 aromatic rings. The van der Waals surface area contributed by atoms with E-state index in [1.807, 2.05) is 0 Å². The van der Waals surface area contributed by atoms with Gasteiger partial charge in [-0.25, -0.2) is 13.1 Å². The van der Waals surface area contributed by atoms with E-state index in [-0.39, 0.29) is 23.8 Å². The molecule has 1 rings (SSSR count). The summed E-state index contributed by atoms with van der Waals surface area (Å²) in [6.45, 7) is 1.99. The van der Waals surface area contributed by atoms with Gasteiger partial charge in [-0.2, -0.15) is 0 Å². The first-order chi connectivity index (χ1) is 8.81. The van der Waals surface area contributed by atoms with Gasteiger partial charge in [0.2, 0.25) is 10.0 Å². The van der Waals surface area contributed by atoms with Crippen molar-refractivity contribution in [1.82, 2.24) is 4.72 Å². The molecule has 106 valence electrons. The summed E-state index contributed by atoms with van der Waals surface area (Å²) in [6.07, 6.45) is 0.452. The Labute approximate surface area is 117 Å². The third-order valence-corrected chi connectivity index (χ3v) is 4.24. The number of aliphatic carboxylic acids is 1. The van der Waals surface area contributed by atoms with Gasteiger partial charge in [-0.15, -0.1) is 0 Å². The molecule has 0 saturated heterocycles. The van der Waals surface area contributed by atoms with Crippen molar-refractivity contribution in [3.05, 3.63) is 29.3 Å². The van der Waals surface area contributed by atoms with Gasteiger partial charge < -0.3 is 5.11 Å². The first kappa shape index (κ1) is 15.9. The third-order valence-electron chi connectivity index (χ3n) is 2.58. The zero-order valence-electron chi connectivity index (χ0n) is 10.5. The lowest BCUT2D eigenvalue weighted by Crippen LogP contribution is -2.28. The van der Waals surface area contributed by atoms with Crippen LogP contribution in [0.3, 0.4) is 0 Å². The second-order valence-corrected chi connectivity index (χ2v) is 6.55. The van der Waals surface area contributed by atoms with E-state index < -0.39 is 16.0 Å². The molecule has 0 aliphatic heterocycles. The zero-order chi connectivity index (χ0) is 14.5. The van der Waals surface area contributed by atoms with Crippen LogP contribution in [-0.2, 0) is 14.8 Å². The Balaban J connectivity index is 2.58. The molecule has 0 aromatic heterocycles. The molecule has 2 N–H and O–H groups in total. The largest absolute Gasteiger partial charge is 0.481 e. The summed E-state index contributed by atoms with van der Waals surface area (Å²) in [4.78, 5) is 10.5. The van der Waals surface area contributed by atoms with E-state index in [0.29, 0.717) is 11.4 Å². The minimum absolute atomic E-state index is 0.0278. The van der Waals surface area contributed by atoms with Crippen LogP contribution in [0, 0.1) is 5.92 Å². The van der Waals surface area contributed by atoms with Crippen LogP contribution in [0.25, 0.3) is 0 Å². The molecular formula is C12H16ClNO4S. The van der Waals surface area contributed by atoms with E-state index in [4.69, 9.17) is 16.7 Å². The number of halogens is 1. The van der Waals surface area contributed by atoms with Crippen LogP contribution in [0.1, 0.15) is 19.8 Å². The van der Waals surface area contributed by atoms with Gasteiger partial charge in [-0.05, 0) is 30.5 Å². The van der Waals surface area contributed by atoms with Crippen LogP contribution < -0.4 is 4.72 Å². The number of nitrogens with one attached hydrogen (secondary N) is 1. The van der Waals surface area contributed by atoms with Crippen LogP contribution in [0.4, 0.5) is 0 Å². The summed E-state index contributed by atoms with van der Waals surface area (Å²) < 4.78 is 26.3. The Hall–Kier alpha value is -1.11. The van der Waals surface area contributed by atoms with Gasteiger partial charge >= 0.3 is 5.97 Å². The molecule has 1 unspecified atom stereocenters. The number of sulfonamides is 1. The highest BCUT2D eigenvalue weighted by Crippen LogP contribution is 2.15. The lowest BCUT2D eigenvalue weighted by molar-refractivity contribution is -0.137. The lowest BCUT2D eigenvalue weighted by atomic mass is 10.1. The highest BCUT2D eigenvalue weighted by atomic mass is 35.5. The van der Waals surface area contributed by atoms with E-state index in [0.717, 1.165) is 0 Å². The Kier molecular flexibility index (Phi) is 5.78. The summed E-state index contributed by atoms with van der Waals surface area (Å²) in [7, 11) is -3.60. The Morgan fingerprint density at radius 3 is 2.74 bits per heavy atom. The fourth-order valence-corrected chi connectivity index (χ4v) is 2.91. The molecular weight excluding hydrogens is 290 g/mol. The molecule has 0 aliphatic rings. The second kappa shape index (κ2) is 6.88. The third kappa shape index (κ3) is 5.59. The zero-order valence-corrected chi connectivity index (χ0v) is 12.0. The maximum absolute atomic E-state index is 11.9. The highest BCUT2D eigenvalue weighted by molar-refractivity contribution is 7.89. The monoisotopic (exact) mass is 305 g/mol. The maximum atomic E-state index is 11.9. The first-order valence-electron chi connectivity index (χ1n) is 5.78. The molecule has 0 radical (unpaired) electrons. The molecule has 0 bridgehead atoms. The van der Waals surface area contributed by atoms with Crippen molar-refractivity contribution in [2.24, 2.45) is 5.92 Å². The minimum atomic E-state index is -3.60. The molecule has 0 fully saturated rings. The fourth-order valence-electron chi connectivity index (χ4n) is 1.44. The van der Waals surface area contributed by atoms with Crippen LogP contribution in [0.5, 0.6) is 0 Å². The summed E-state index contributed by atoms with van der Waals surface area (Å²) >= 11 is 5.74. The van der Waals surface area contributed by atoms with Crippen molar-refractivity contribution in [3.8, 4) is 0 Å². The molecule has 0 aliphatic carbocycles. The number of carboxylic acids is 1. The average molecular weight is 306 g/mol. The van der Waals surface area contributed by atoms with Gasteiger partial charge in [0.15, 0.2) is 0 Å². The summed E-state index contributed by atoms with van der Waals surface area (Å²) in [5.41, 5.74) is 0. The summed E-state index contributed by atoms with van der Waals surface area (Å²) in [5.74, 6) is -0.936. The minimum Gasteiger partial charge on any atom is -0.481 e. The van der Waals surface area contributed by atoms with Crippen molar-refractivity contribution in [3.63, 3.8) is 0 Å². The van der Waals surface area contributed by atoms with Gasteiger partial charge in [0.05, 0.1) is 4.90 Å². The number of benzene rings is 1. The van der Waals surface area contributed by atoms with Gasteiger partial charge in [0, 0.05) is 18.0 Å². The smallest absolute Gasteiger partial charge is 0.303 e. The lowest BCUT2D eigenvalue weighted by Gasteiger charge is -2.12. The van der Waals surface area contributed by atoms with Crippen LogP contribution >= 0.6 is 11.6 Å². The molecule has 5 nitrogen and oxygen atoms in total. The van der Waals surface area contributed by atoms with Gasteiger partial charge in [-0.1, -0.05) is 24.6 Å². The topological polar surface area (TPSA) is 83.5 Å². The van der Waals surface area contributed by atoms with E-state index in [9.17, 15) is 13.2 Å². The number of carbonyl (C=O) groups is 1. The molecule has 0 saturated carbocycles. The van der Waals surface area contributed by atoms with Gasteiger partial charge in [0.1, 0.15) is 0 Å². The predicted molar refractivity (Wildman–Crippen MR) is 72.7 cm³/mol. The number of rotatable bonds is 7. The Morgan fingerprint density at radius 1 is 1.47 bits per heavy atom. The van der Waals surface area contributed by atoms with Crippen molar-refractivity contribution < 1.29 is 18.3 Å². The number of hydrogen-bond donors (Lipinski definition) is 2. The van der Waals surface area contributed by atoms with E-state index >= 15 is 0 Å². The van der Waals surface area contributed by atoms with Crippen LogP contribution in [-0.4, -0.2) is 26.0 Å². The molecule has 7 heteroatoms. The summed E-state index contributed by atoms with van der Waals surface area (Å²) in [6, 6.07) is 5.97. The molecule has 0 heterocycles. The van der Waals surface area contributed by atoms with Crippen molar-refractivity contribution >= 4 is 27.6 Å². The Morgan fingerprint density at radius 2 is 2.16 bits per heavy atom. The van der Waals surface area contributed by atoms with E-state index in [1.54, 1.807) is 19.1 Å². The number of carboxylic acid groups (broad SMARTS) is 1. The fraction of sp³-hybridized carbons (Fsp3) is 0.417. The van der Waals surface area contributed by atoms with Crippen molar-refractivity contribution in [1.29, 1.82) is 0 Å². The second-order valence-electron chi connectivity index (χ2n) is 4.35. The SMILES string of the molecule is CC(CCC(=O)O)CNS(=O)(=O)c1cccc(Cl)c1. The molecule has 1 aromatic carbocycles. The van der Waals surface area contributed by atoms with Gasteiger partial charge in [-0.3, -0.25) is 4.79 Å². The van der Waals surface area contributed by atoms with Gasteiger partial charge in [0.25, 0.3) is 0 Å². The molecule has 19 heavy (non-hydrogen) atoms. The molecule has 1 atom stereocenters. The normalized spacial score (nSPS) is 13.2. The van der Waals surface area contributed by atoms with Crippen LogP contribution in [0.15, 0.2) is 29.2 Å². The van der Waals surface area contributed by atoms with Crippen LogP contribution in [0.2, 0.25) is 5.02 Å². The number of hydrogen-bond acceptors (Lipinski definition) is 3. The molecule has 0 amide bonds.